The number of halogens is 1. The van der Waals surface area contributed by atoms with Crippen molar-refractivity contribution in [3.63, 3.8) is 0 Å². The van der Waals surface area contributed by atoms with Crippen LogP contribution in [0.5, 0.6) is 0 Å². The van der Waals surface area contributed by atoms with Crippen LogP contribution in [0.25, 0.3) is 0 Å². The molecular formula is C15H17BrN4O. The lowest BCUT2D eigenvalue weighted by molar-refractivity contribution is 0.0395. The van der Waals surface area contributed by atoms with Crippen molar-refractivity contribution in [2.45, 2.75) is 13.0 Å². The molecule has 3 rings (SSSR count). The number of nitrogens with zero attached hydrogens (tertiary/aromatic N) is 3. The van der Waals surface area contributed by atoms with E-state index in [0.717, 1.165) is 29.1 Å². The third-order valence-electron chi connectivity index (χ3n) is 3.49. The first-order valence-corrected chi connectivity index (χ1v) is 7.64. The number of nitrogens with two attached hydrogens (primary N) is 1. The summed E-state index contributed by atoms with van der Waals surface area (Å²) in [6.07, 6.45) is 0.0448. The third kappa shape index (κ3) is 3.33. The van der Waals surface area contributed by atoms with Crippen LogP contribution in [-0.2, 0) is 4.74 Å². The van der Waals surface area contributed by atoms with Crippen molar-refractivity contribution in [3.05, 3.63) is 46.1 Å². The van der Waals surface area contributed by atoms with E-state index in [0.29, 0.717) is 12.6 Å². The molecule has 0 radical (unpaired) electrons. The summed E-state index contributed by atoms with van der Waals surface area (Å²) in [5, 5.41) is 0. The van der Waals surface area contributed by atoms with Gasteiger partial charge in [0.1, 0.15) is 11.9 Å². The molecule has 1 atom stereocenters. The van der Waals surface area contributed by atoms with Gasteiger partial charge in [0.15, 0.2) is 0 Å². The number of benzene rings is 1. The van der Waals surface area contributed by atoms with E-state index in [1.807, 2.05) is 25.1 Å². The number of morpholine rings is 1. The lowest BCUT2D eigenvalue weighted by Crippen LogP contribution is -2.39. The van der Waals surface area contributed by atoms with E-state index in [2.05, 4.69) is 42.9 Å². The summed E-state index contributed by atoms with van der Waals surface area (Å²) in [6, 6.07) is 10.2. The molecule has 1 aromatic heterocycles. The van der Waals surface area contributed by atoms with Crippen molar-refractivity contribution in [2.75, 3.05) is 30.3 Å². The van der Waals surface area contributed by atoms with Crippen LogP contribution < -0.4 is 10.6 Å². The number of aryl methyl sites for hydroxylation is 1. The maximum Gasteiger partial charge on any atom is 0.222 e. The maximum atomic E-state index is 5.88. The van der Waals surface area contributed by atoms with Crippen molar-refractivity contribution >= 4 is 27.7 Å². The van der Waals surface area contributed by atoms with Gasteiger partial charge in [-0.2, -0.15) is 4.98 Å². The van der Waals surface area contributed by atoms with Gasteiger partial charge < -0.3 is 15.4 Å². The van der Waals surface area contributed by atoms with Crippen molar-refractivity contribution in [1.82, 2.24) is 9.97 Å². The molecule has 6 heteroatoms. The largest absolute Gasteiger partial charge is 0.370 e. The Balaban J connectivity index is 1.80. The molecule has 5 nitrogen and oxygen atoms in total. The van der Waals surface area contributed by atoms with E-state index in [1.54, 1.807) is 0 Å². The van der Waals surface area contributed by atoms with E-state index < -0.39 is 0 Å². The molecule has 1 unspecified atom stereocenters. The lowest BCUT2D eigenvalue weighted by atomic mass is 10.1. The third-order valence-corrected chi connectivity index (χ3v) is 4.02. The number of rotatable bonds is 2. The van der Waals surface area contributed by atoms with Gasteiger partial charge in [0, 0.05) is 29.3 Å². The molecule has 2 N–H and O–H groups in total. The normalized spacial score (nSPS) is 18.8. The number of hydrogen-bond acceptors (Lipinski definition) is 5. The van der Waals surface area contributed by atoms with E-state index in [9.17, 15) is 0 Å². The van der Waals surface area contributed by atoms with Crippen LogP contribution in [0.2, 0.25) is 0 Å². The molecule has 2 heterocycles. The molecule has 1 aliphatic heterocycles. The minimum absolute atomic E-state index is 0.0448. The maximum absolute atomic E-state index is 5.88. The zero-order chi connectivity index (χ0) is 14.8. The van der Waals surface area contributed by atoms with Gasteiger partial charge >= 0.3 is 0 Å². The first kappa shape index (κ1) is 14.3. The first-order valence-electron chi connectivity index (χ1n) is 6.85. The molecule has 1 aliphatic rings. The van der Waals surface area contributed by atoms with E-state index >= 15 is 0 Å². The standard InChI is InChI=1S/C15H17BrN4O/c1-10-8-14(19-15(17)18-10)20-6-7-21-13(9-20)11-2-4-12(16)5-3-11/h2-5,8,13H,6-7,9H2,1H3,(H2,17,18,19). The monoisotopic (exact) mass is 348 g/mol. The molecule has 2 aromatic rings. The number of aromatic nitrogens is 2. The summed E-state index contributed by atoms with van der Waals surface area (Å²) in [7, 11) is 0. The van der Waals surface area contributed by atoms with Crippen LogP contribution in [-0.4, -0.2) is 29.7 Å². The van der Waals surface area contributed by atoms with E-state index in [4.69, 9.17) is 10.5 Å². The second kappa shape index (κ2) is 5.99. The SMILES string of the molecule is Cc1cc(N2CCOC(c3ccc(Br)cc3)C2)nc(N)n1. The summed E-state index contributed by atoms with van der Waals surface area (Å²) in [5.74, 6) is 1.18. The van der Waals surface area contributed by atoms with Crippen LogP contribution in [0.3, 0.4) is 0 Å². The molecule has 0 bridgehead atoms. The van der Waals surface area contributed by atoms with Crippen LogP contribution >= 0.6 is 15.9 Å². The Bertz CT molecular complexity index is 612. The van der Waals surface area contributed by atoms with Gasteiger partial charge in [-0.25, -0.2) is 4.98 Å². The van der Waals surface area contributed by atoms with E-state index in [-0.39, 0.29) is 6.10 Å². The number of nitrogen functional groups attached to an aromatic ring is 1. The Kier molecular flexibility index (Phi) is 4.07. The highest BCUT2D eigenvalue weighted by Crippen LogP contribution is 2.26. The second-order valence-electron chi connectivity index (χ2n) is 5.08. The average Bonchev–Trinajstić information content (AvgIpc) is 2.47. The summed E-state index contributed by atoms with van der Waals surface area (Å²) in [6.45, 7) is 4.17. The zero-order valence-corrected chi connectivity index (χ0v) is 13.4. The molecule has 0 saturated carbocycles. The molecule has 0 amide bonds. The molecular weight excluding hydrogens is 332 g/mol. The van der Waals surface area contributed by atoms with E-state index in [1.165, 1.54) is 5.56 Å². The Labute approximate surface area is 132 Å². The fraction of sp³-hybridized carbons (Fsp3) is 0.333. The van der Waals surface area contributed by atoms with Gasteiger partial charge in [0.05, 0.1) is 6.61 Å². The topological polar surface area (TPSA) is 64.3 Å². The second-order valence-corrected chi connectivity index (χ2v) is 6.00. The van der Waals surface area contributed by atoms with Crippen molar-refractivity contribution in [3.8, 4) is 0 Å². The molecule has 1 fully saturated rings. The molecule has 0 aliphatic carbocycles. The number of anilines is 2. The van der Waals surface area contributed by atoms with Gasteiger partial charge in [0.2, 0.25) is 5.95 Å². The fourth-order valence-electron chi connectivity index (χ4n) is 2.47. The Morgan fingerprint density at radius 2 is 2.05 bits per heavy atom. The molecule has 1 saturated heterocycles. The van der Waals surface area contributed by atoms with Crippen LogP contribution in [0.15, 0.2) is 34.8 Å². The summed E-state index contributed by atoms with van der Waals surface area (Å²) < 4.78 is 6.95. The predicted octanol–water partition coefficient (Wildman–Crippen LogP) is 2.71. The summed E-state index contributed by atoms with van der Waals surface area (Å²) in [4.78, 5) is 10.6. The highest BCUT2D eigenvalue weighted by Gasteiger charge is 2.23. The highest BCUT2D eigenvalue weighted by molar-refractivity contribution is 9.10. The number of ether oxygens (including phenoxy) is 1. The Morgan fingerprint density at radius 3 is 2.76 bits per heavy atom. The van der Waals surface area contributed by atoms with Gasteiger partial charge in [-0.15, -0.1) is 0 Å². The lowest BCUT2D eigenvalue weighted by Gasteiger charge is -2.34. The van der Waals surface area contributed by atoms with Crippen molar-refractivity contribution < 1.29 is 4.74 Å². The Morgan fingerprint density at radius 1 is 1.29 bits per heavy atom. The Hall–Kier alpha value is -1.66. The first-order chi connectivity index (χ1) is 10.1. The van der Waals surface area contributed by atoms with Crippen LogP contribution in [0, 0.1) is 6.92 Å². The van der Waals surface area contributed by atoms with Crippen molar-refractivity contribution in [2.24, 2.45) is 0 Å². The predicted molar refractivity (Wildman–Crippen MR) is 86.2 cm³/mol. The van der Waals surface area contributed by atoms with Crippen LogP contribution in [0.4, 0.5) is 11.8 Å². The molecule has 0 spiro atoms. The average molecular weight is 349 g/mol. The minimum Gasteiger partial charge on any atom is -0.370 e. The van der Waals surface area contributed by atoms with Crippen molar-refractivity contribution in [1.29, 1.82) is 0 Å². The minimum atomic E-state index is 0.0448. The highest BCUT2D eigenvalue weighted by atomic mass is 79.9. The van der Waals surface area contributed by atoms with Gasteiger partial charge in [0.25, 0.3) is 0 Å². The van der Waals surface area contributed by atoms with Gasteiger partial charge in [-0.3, -0.25) is 0 Å². The smallest absolute Gasteiger partial charge is 0.222 e. The molecule has 21 heavy (non-hydrogen) atoms. The zero-order valence-electron chi connectivity index (χ0n) is 11.8. The fourth-order valence-corrected chi connectivity index (χ4v) is 2.74. The molecule has 1 aromatic carbocycles. The summed E-state index contributed by atoms with van der Waals surface area (Å²) >= 11 is 3.45. The van der Waals surface area contributed by atoms with Gasteiger partial charge in [-0.1, -0.05) is 28.1 Å². The summed E-state index contributed by atoms with van der Waals surface area (Å²) in [5.41, 5.74) is 7.79. The molecule has 110 valence electrons. The van der Waals surface area contributed by atoms with Crippen LogP contribution in [0.1, 0.15) is 17.4 Å². The quantitative estimate of drug-likeness (QED) is 0.903. The number of hydrogen-bond donors (Lipinski definition) is 1. The van der Waals surface area contributed by atoms with Gasteiger partial charge in [-0.05, 0) is 24.6 Å².